The van der Waals surface area contributed by atoms with E-state index in [4.69, 9.17) is 0 Å². The highest BCUT2D eigenvalue weighted by Crippen LogP contribution is 2.21. The molecule has 1 saturated heterocycles. The second kappa shape index (κ2) is 5.50. The van der Waals surface area contributed by atoms with E-state index in [1.165, 1.54) is 0 Å². The van der Waals surface area contributed by atoms with Crippen molar-refractivity contribution in [2.75, 3.05) is 33.8 Å². The van der Waals surface area contributed by atoms with Crippen LogP contribution in [0.15, 0.2) is 30.3 Å². The molecule has 2 rings (SSSR count). The zero-order valence-corrected chi connectivity index (χ0v) is 10.9. The van der Waals surface area contributed by atoms with E-state index < -0.39 is 0 Å². The molecule has 0 spiro atoms. The normalized spacial score (nSPS) is 23.7. The number of hydrogen-bond acceptors (Lipinski definition) is 3. The van der Waals surface area contributed by atoms with Crippen molar-refractivity contribution in [3.8, 4) is 0 Å². The Morgan fingerprint density at radius 2 is 2.00 bits per heavy atom. The summed E-state index contributed by atoms with van der Waals surface area (Å²) < 4.78 is 0. The van der Waals surface area contributed by atoms with Gasteiger partial charge in [-0.05, 0) is 26.2 Å². The van der Waals surface area contributed by atoms with Crippen LogP contribution in [0, 0.1) is 5.92 Å². The van der Waals surface area contributed by atoms with Crippen molar-refractivity contribution in [1.29, 1.82) is 0 Å². The van der Waals surface area contributed by atoms with Crippen LogP contribution in [-0.2, 0) is 0 Å². The van der Waals surface area contributed by atoms with Gasteiger partial charge in [0.05, 0.1) is 0 Å². The summed E-state index contributed by atoms with van der Waals surface area (Å²) in [6, 6.07) is 9.55. The smallest absolute Gasteiger partial charge is 0.253 e. The van der Waals surface area contributed by atoms with Gasteiger partial charge in [0.1, 0.15) is 0 Å². The summed E-state index contributed by atoms with van der Waals surface area (Å²) in [6.07, 6.45) is 0. The first kappa shape index (κ1) is 13.1. The number of benzene rings is 1. The summed E-state index contributed by atoms with van der Waals surface area (Å²) in [4.78, 5) is 16.2. The Bertz CT molecular complexity index is 406. The Kier molecular flexibility index (Phi) is 3.99. The minimum atomic E-state index is 0.0541. The van der Waals surface area contributed by atoms with Gasteiger partial charge >= 0.3 is 0 Å². The Morgan fingerprint density at radius 3 is 2.50 bits per heavy atom. The molecule has 98 valence electrons. The molecule has 4 nitrogen and oxygen atoms in total. The van der Waals surface area contributed by atoms with Gasteiger partial charge < -0.3 is 14.9 Å². The Balaban J connectivity index is 2.10. The van der Waals surface area contributed by atoms with Crippen LogP contribution in [0.4, 0.5) is 0 Å². The predicted molar refractivity (Wildman–Crippen MR) is 70.4 cm³/mol. The minimum Gasteiger partial charge on any atom is -0.396 e. The number of carbonyl (C=O) groups excluding carboxylic acids is 1. The van der Waals surface area contributed by atoms with Gasteiger partial charge in [-0.3, -0.25) is 4.79 Å². The van der Waals surface area contributed by atoms with Crippen LogP contribution in [-0.4, -0.2) is 60.6 Å². The summed E-state index contributed by atoms with van der Waals surface area (Å²) >= 11 is 0. The van der Waals surface area contributed by atoms with E-state index in [9.17, 15) is 9.90 Å². The number of aliphatic hydroxyl groups is 1. The Morgan fingerprint density at radius 1 is 1.33 bits per heavy atom. The standard InChI is InChI=1S/C14H20N2O2/c1-15(2)13-9-16(8-12(13)10-17)14(18)11-6-4-3-5-7-11/h3-7,12-13,17H,8-10H2,1-2H3/t12-,13+/m0/s1. The van der Waals surface area contributed by atoms with E-state index in [2.05, 4.69) is 4.90 Å². The summed E-state index contributed by atoms with van der Waals surface area (Å²) in [5, 5.41) is 9.39. The van der Waals surface area contributed by atoms with Crippen LogP contribution in [0.5, 0.6) is 0 Å². The van der Waals surface area contributed by atoms with Gasteiger partial charge in [0.2, 0.25) is 0 Å². The highest BCUT2D eigenvalue weighted by molar-refractivity contribution is 5.94. The molecule has 0 aliphatic carbocycles. The summed E-state index contributed by atoms with van der Waals surface area (Å²) in [6.45, 7) is 1.44. The molecule has 1 amide bonds. The van der Waals surface area contributed by atoms with E-state index in [0.29, 0.717) is 18.7 Å². The van der Waals surface area contributed by atoms with E-state index in [1.54, 1.807) is 0 Å². The topological polar surface area (TPSA) is 43.8 Å². The Hall–Kier alpha value is -1.39. The number of likely N-dealkylation sites (tertiary alicyclic amines) is 1. The molecule has 1 aliphatic rings. The van der Waals surface area contributed by atoms with Gasteiger partial charge in [-0.2, -0.15) is 0 Å². The fraction of sp³-hybridized carbons (Fsp3) is 0.500. The lowest BCUT2D eigenvalue weighted by Crippen LogP contribution is -2.37. The average Bonchev–Trinajstić information content (AvgIpc) is 2.83. The van der Waals surface area contributed by atoms with Gasteiger partial charge in [0.15, 0.2) is 0 Å². The predicted octanol–water partition coefficient (Wildman–Crippen LogP) is 0.681. The number of carbonyl (C=O) groups is 1. The van der Waals surface area contributed by atoms with E-state index in [0.717, 1.165) is 0 Å². The van der Waals surface area contributed by atoms with E-state index in [1.807, 2.05) is 49.3 Å². The van der Waals surface area contributed by atoms with Crippen LogP contribution in [0.3, 0.4) is 0 Å². The van der Waals surface area contributed by atoms with Crippen LogP contribution in [0.25, 0.3) is 0 Å². The highest BCUT2D eigenvalue weighted by Gasteiger charge is 2.36. The van der Waals surface area contributed by atoms with Crippen LogP contribution >= 0.6 is 0 Å². The van der Waals surface area contributed by atoms with E-state index in [-0.39, 0.29) is 24.5 Å². The summed E-state index contributed by atoms with van der Waals surface area (Å²) in [5.74, 6) is 0.200. The van der Waals surface area contributed by atoms with Gasteiger partial charge in [0, 0.05) is 37.2 Å². The van der Waals surface area contributed by atoms with Gasteiger partial charge in [-0.25, -0.2) is 0 Å². The molecule has 1 aliphatic heterocycles. The third-order valence-corrected chi connectivity index (χ3v) is 3.61. The van der Waals surface area contributed by atoms with Crippen molar-refractivity contribution in [2.24, 2.45) is 5.92 Å². The summed E-state index contributed by atoms with van der Waals surface area (Å²) in [7, 11) is 3.98. The van der Waals surface area contributed by atoms with Crippen LogP contribution in [0.2, 0.25) is 0 Å². The van der Waals surface area contributed by atoms with Crippen molar-refractivity contribution in [3.63, 3.8) is 0 Å². The van der Waals surface area contributed by atoms with Crippen molar-refractivity contribution >= 4 is 5.91 Å². The van der Waals surface area contributed by atoms with Crippen molar-refractivity contribution in [2.45, 2.75) is 6.04 Å². The van der Waals surface area contributed by atoms with Gasteiger partial charge in [0.25, 0.3) is 5.91 Å². The average molecular weight is 248 g/mol. The first-order valence-electron chi connectivity index (χ1n) is 6.25. The fourth-order valence-corrected chi connectivity index (χ4v) is 2.55. The van der Waals surface area contributed by atoms with Gasteiger partial charge in [-0.15, -0.1) is 0 Å². The molecule has 1 aromatic rings. The molecule has 1 N–H and O–H groups in total. The number of aliphatic hydroxyl groups excluding tert-OH is 1. The molecule has 0 radical (unpaired) electrons. The van der Waals surface area contributed by atoms with E-state index >= 15 is 0 Å². The number of hydrogen-bond donors (Lipinski definition) is 1. The second-order valence-electron chi connectivity index (χ2n) is 5.05. The van der Waals surface area contributed by atoms with Crippen molar-refractivity contribution in [3.05, 3.63) is 35.9 Å². The first-order chi connectivity index (χ1) is 8.63. The number of amides is 1. The minimum absolute atomic E-state index is 0.0541. The van der Waals surface area contributed by atoms with Crippen molar-refractivity contribution in [1.82, 2.24) is 9.80 Å². The molecule has 2 atom stereocenters. The SMILES string of the molecule is CN(C)[C@@H]1CN(C(=O)c2ccccc2)C[C@H]1CO. The molecule has 1 fully saturated rings. The van der Waals surface area contributed by atoms with Crippen molar-refractivity contribution < 1.29 is 9.90 Å². The molecule has 1 aromatic carbocycles. The van der Waals surface area contributed by atoms with Crippen LogP contribution in [0.1, 0.15) is 10.4 Å². The lowest BCUT2D eigenvalue weighted by molar-refractivity contribution is 0.0779. The first-order valence-corrected chi connectivity index (χ1v) is 6.25. The molecule has 0 unspecified atom stereocenters. The molecular formula is C14H20N2O2. The lowest BCUT2D eigenvalue weighted by Gasteiger charge is -2.23. The summed E-state index contributed by atoms with van der Waals surface area (Å²) in [5.41, 5.74) is 0.716. The third-order valence-electron chi connectivity index (χ3n) is 3.61. The fourth-order valence-electron chi connectivity index (χ4n) is 2.55. The number of rotatable bonds is 3. The molecule has 1 heterocycles. The largest absolute Gasteiger partial charge is 0.396 e. The highest BCUT2D eigenvalue weighted by atomic mass is 16.3. The molecule has 18 heavy (non-hydrogen) atoms. The monoisotopic (exact) mass is 248 g/mol. The number of nitrogens with zero attached hydrogens (tertiary/aromatic N) is 2. The Labute approximate surface area is 108 Å². The lowest BCUT2D eigenvalue weighted by atomic mass is 10.0. The quantitative estimate of drug-likeness (QED) is 0.855. The number of likely N-dealkylation sites (N-methyl/N-ethyl adjacent to an activating group) is 1. The maximum Gasteiger partial charge on any atom is 0.253 e. The molecular weight excluding hydrogens is 228 g/mol. The molecule has 4 heteroatoms. The zero-order chi connectivity index (χ0) is 13.1. The van der Waals surface area contributed by atoms with Crippen LogP contribution < -0.4 is 0 Å². The third kappa shape index (κ3) is 2.54. The molecule has 0 bridgehead atoms. The maximum atomic E-state index is 12.3. The zero-order valence-electron chi connectivity index (χ0n) is 10.9. The van der Waals surface area contributed by atoms with Gasteiger partial charge in [-0.1, -0.05) is 18.2 Å². The maximum absolute atomic E-state index is 12.3. The molecule has 0 aromatic heterocycles. The second-order valence-corrected chi connectivity index (χ2v) is 5.05. The molecule has 0 saturated carbocycles.